The Hall–Kier alpha value is -5.83. The molecule has 0 unspecified atom stereocenters. The van der Waals surface area contributed by atoms with Crippen LogP contribution in [-0.2, 0) is 32.6 Å². The van der Waals surface area contributed by atoms with Crippen LogP contribution in [0.4, 0.5) is 11.9 Å². The number of hydrogen-bond donors (Lipinski definition) is 4. The molecule has 1 aliphatic rings. The zero-order valence-electron chi connectivity index (χ0n) is 28.4. The molecule has 0 spiro atoms. The topological polar surface area (TPSA) is 185 Å². The van der Waals surface area contributed by atoms with Crippen LogP contribution in [-0.4, -0.2) is 69.5 Å². The lowest BCUT2D eigenvalue weighted by Crippen LogP contribution is -2.27. The minimum Gasteiger partial charge on any atom is -0.366 e. The van der Waals surface area contributed by atoms with Crippen LogP contribution in [0.3, 0.4) is 0 Å². The van der Waals surface area contributed by atoms with Crippen LogP contribution in [0, 0.1) is 13.8 Å². The fraction of sp³-hybridized carbons (Fsp3) is 0.378. The van der Waals surface area contributed by atoms with E-state index < -0.39 is 5.91 Å². The van der Waals surface area contributed by atoms with Gasteiger partial charge in [0.1, 0.15) is 11.4 Å². The van der Waals surface area contributed by atoms with E-state index in [0.717, 1.165) is 34.2 Å². The van der Waals surface area contributed by atoms with Gasteiger partial charge in [-0.3, -0.25) is 34.4 Å². The van der Waals surface area contributed by atoms with E-state index in [4.69, 9.17) is 15.7 Å². The van der Waals surface area contributed by atoms with Crippen molar-refractivity contribution >= 4 is 51.7 Å². The molecule has 274 valence electrons. The highest BCUT2D eigenvalue weighted by Crippen LogP contribution is 2.25. The van der Waals surface area contributed by atoms with Crippen molar-refractivity contribution in [2.24, 2.45) is 5.73 Å². The summed E-state index contributed by atoms with van der Waals surface area (Å²) in [5.74, 6) is -0.316. The molecule has 3 amide bonds. The normalized spacial score (nSPS) is 14.4. The smallest absolute Gasteiger partial charge is 0.276 e. The Morgan fingerprint density at radius 3 is 2.21 bits per heavy atom. The second-order valence-corrected chi connectivity index (χ2v) is 12.5. The lowest BCUT2D eigenvalue weighted by Gasteiger charge is -2.13. The summed E-state index contributed by atoms with van der Waals surface area (Å²) in [4.78, 5) is 49.2. The van der Waals surface area contributed by atoms with Crippen LogP contribution in [0.25, 0.3) is 22.1 Å². The van der Waals surface area contributed by atoms with Gasteiger partial charge in [0.25, 0.3) is 11.8 Å². The summed E-state index contributed by atoms with van der Waals surface area (Å²) >= 11 is 0. The molecule has 0 saturated carbocycles. The number of carbonyl (C=O) groups is 3. The highest BCUT2D eigenvalue weighted by atomic mass is 16.2. The summed E-state index contributed by atoms with van der Waals surface area (Å²) in [6.45, 7) is 8.99. The number of nitrogens with one attached hydrogen (secondary N) is 3. The molecule has 0 atom stereocenters. The Morgan fingerprint density at radius 2 is 1.50 bits per heavy atom. The molecular weight excluding hydrogens is 660 g/mol. The molecule has 4 aromatic heterocycles. The molecule has 7 rings (SSSR count). The number of rotatable bonds is 2. The summed E-state index contributed by atoms with van der Waals surface area (Å²) in [5, 5.41) is 18.8. The Balaban J connectivity index is 0.00000261. The number of hydrogen-bond acceptors (Lipinski definition) is 8. The van der Waals surface area contributed by atoms with Gasteiger partial charge in [0.2, 0.25) is 17.8 Å². The number of carbonyl (C=O) groups excluding carboxylic acids is 3. The number of primary amides is 1. The molecule has 15 nitrogen and oxygen atoms in total. The van der Waals surface area contributed by atoms with E-state index >= 15 is 0 Å². The summed E-state index contributed by atoms with van der Waals surface area (Å²) in [6.07, 6.45) is 2.02. The van der Waals surface area contributed by atoms with Crippen LogP contribution in [0.5, 0.6) is 0 Å². The SMILES string of the molecule is C.C.CCn1nc(C)c2c1C(=O)Nc1nc3ccccc3n1CCCCn1c(nc3cc(C(N)=O)ccc31)NC(=O)c1cc(C)nn1CCNCC2. The van der Waals surface area contributed by atoms with E-state index in [1.165, 1.54) is 0 Å². The molecular formula is C37H48N12O3. The van der Waals surface area contributed by atoms with Gasteiger partial charge in [0, 0.05) is 37.3 Å². The lowest BCUT2D eigenvalue weighted by atomic mass is 10.1. The molecule has 0 aliphatic carbocycles. The number of anilines is 2. The largest absolute Gasteiger partial charge is 0.366 e. The Morgan fingerprint density at radius 1 is 0.827 bits per heavy atom. The number of aryl methyl sites for hydroxylation is 5. The molecule has 0 bridgehead atoms. The molecule has 1 aliphatic heterocycles. The second kappa shape index (κ2) is 15.6. The van der Waals surface area contributed by atoms with Crippen molar-refractivity contribution in [2.75, 3.05) is 23.7 Å². The average Bonchev–Trinajstić information content (AvgIpc) is 3.83. The minimum atomic E-state index is -0.555. The molecule has 2 aromatic carbocycles. The van der Waals surface area contributed by atoms with Gasteiger partial charge in [0.15, 0.2) is 0 Å². The number of nitrogens with zero attached hydrogens (tertiary/aromatic N) is 8. The van der Waals surface area contributed by atoms with Crippen LogP contribution in [0.2, 0.25) is 0 Å². The number of para-hydroxylation sites is 2. The first-order chi connectivity index (χ1) is 24.2. The summed E-state index contributed by atoms with van der Waals surface area (Å²) in [6, 6.07) is 14.7. The van der Waals surface area contributed by atoms with E-state index in [1.54, 1.807) is 33.6 Å². The van der Waals surface area contributed by atoms with Crippen molar-refractivity contribution in [3.8, 4) is 0 Å². The number of fused-ring (bicyclic) bond motifs is 8. The van der Waals surface area contributed by atoms with Gasteiger partial charge in [-0.15, -0.1) is 0 Å². The van der Waals surface area contributed by atoms with Gasteiger partial charge < -0.3 is 20.2 Å². The Bertz CT molecular complexity index is 2260. The number of nitrogens with two attached hydrogens (primary N) is 1. The van der Waals surface area contributed by atoms with Gasteiger partial charge in [0.05, 0.1) is 40.0 Å². The molecule has 5 N–H and O–H groups in total. The van der Waals surface area contributed by atoms with Gasteiger partial charge in [-0.1, -0.05) is 27.0 Å². The maximum absolute atomic E-state index is 14.0. The monoisotopic (exact) mass is 708 g/mol. The quantitative estimate of drug-likeness (QED) is 0.195. The zero-order chi connectivity index (χ0) is 34.9. The first kappa shape index (κ1) is 37.4. The average molecular weight is 709 g/mol. The van der Waals surface area contributed by atoms with Crippen molar-refractivity contribution in [1.82, 2.24) is 44.0 Å². The number of imidazole rings is 2. The number of aromatic nitrogens is 8. The van der Waals surface area contributed by atoms with E-state index in [0.29, 0.717) is 92.2 Å². The molecule has 15 heteroatoms. The first-order valence-corrected chi connectivity index (χ1v) is 16.9. The third kappa shape index (κ3) is 7.17. The maximum atomic E-state index is 14.0. The Kier molecular flexibility index (Phi) is 11.2. The molecule has 0 radical (unpaired) electrons. The van der Waals surface area contributed by atoms with E-state index in [-0.39, 0.29) is 26.7 Å². The van der Waals surface area contributed by atoms with Crippen LogP contribution in [0.15, 0.2) is 48.5 Å². The minimum absolute atomic E-state index is 0. The highest BCUT2D eigenvalue weighted by Gasteiger charge is 2.24. The predicted octanol–water partition coefficient (Wildman–Crippen LogP) is 4.92. The first-order valence-electron chi connectivity index (χ1n) is 16.9. The molecule has 0 saturated heterocycles. The van der Waals surface area contributed by atoms with E-state index in [1.807, 2.05) is 54.2 Å². The van der Waals surface area contributed by atoms with Gasteiger partial charge in [-0.2, -0.15) is 10.2 Å². The highest BCUT2D eigenvalue weighted by molar-refractivity contribution is 6.05. The van der Waals surface area contributed by atoms with Crippen molar-refractivity contribution < 1.29 is 14.4 Å². The molecule has 52 heavy (non-hydrogen) atoms. The van der Waals surface area contributed by atoms with E-state index in [9.17, 15) is 14.4 Å². The van der Waals surface area contributed by atoms with Crippen molar-refractivity contribution in [3.05, 3.63) is 82.4 Å². The fourth-order valence-corrected chi connectivity index (χ4v) is 6.69. The van der Waals surface area contributed by atoms with Crippen molar-refractivity contribution in [2.45, 2.75) is 81.1 Å². The van der Waals surface area contributed by atoms with Crippen molar-refractivity contribution in [3.63, 3.8) is 0 Å². The van der Waals surface area contributed by atoms with Crippen molar-refractivity contribution in [1.29, 1.82) is 0 Å². The summed E-state index contributed by atoms with van der Waals surface area (Å²) < 4.78 is 7.41. The fourth-order valence-electron chi connectivity index (χ4n) is 6.69. The van der Waals surface area contributed by atoms with Gasteiger partial charge in [-0.05, 0) is 83.0 Å². The third-order valence-corrected chi connectivity index (χ3v) is 9.10. The van der Waals surface area contributed by atoms with Crippen LogP contribution >= 0.6 is 0 Å². The zero-order valence-corrected chi connectivity index (χ0v) is 28.4. The number of benzene rings is 2. The van der Waals surface area contributed by atoms with Crippen LogP contribution < -0.4 is 21.7 Å². The molecule has 0 fully saturated rings. The second-order valence-electron chi connectivity index (χ2n) is 12.5. The summed E-state index contributed by atoms with van der Waals surface area (Å²) in [7, 11) is 0. The standard InChI is InChI=1S/C35H40N12O3.2CH4/c1-4-46-30-24(22(3)43-46)13-14-37-15-18-47-29(19-21(2)42-47)32(49)40-35-39-26-20-23(31(36)48)11-12-28(26)45(35)17-8-7-16-44-27-10-6-5-9-25(27)38-34(44)41-33(30)50;;/h5-6,9-12,19-20,37H,4,7-8,13-18H2,1-3H3,(H2,36,48)(H,38,41,50)(H,39,40,49);2*1H4. The Labute approximate surface area is 302 Å². The predicted molar refractivity (Wildman–Crippen MR) is 203 cm³/mol. The maximum Gasteiger partial charge on any atom is 0.276 e. The molecule has 5 heterocycles. The van der Waals surface area contributed by atoms with E-state index in [2.05, 4.69) is 26.1 Å². The summed E-state index contributed by atoms with van der Waals surface area (Å²) in [5.41, 5.74) is 12.2. The third-order valence-electron chi connectivity index (χ3n) is 9.10. The van der Waals surface area contributed by atoms with Gasteiger partial charge in [-0.25, -0.2) is 9.97 Å². The number of amides is 3. The molecule has 6 aromatic rings. The lowest BCUT2D eigenvalue weighted by molar-refractivity contribution is 0.0994. The van der Waals surface area contributed by atoms with Crippen LogP contribution in [0.1, 0.15) is 82.9 Å². The van der Waals surface area contributed by atoms with Gasteiger partial charge >= 0.3 is 0 Å².